The number of hydrogen-bond donors (Lipinski definition) is 1. The SMILES string of the molecule is COc1ccc(-c2noc(CCC(=O)NC(c3ccc(OC)cc3)c3nccn3C)n2)cc1. The zero-order valence-corrected chi connectivity index (χ0v) is 18.7. The van der Waals surface area contributed by atoms with E-state index in [0.717, 1.165) is 28.5 Å². The van der Waals surface area contributed by atoms with E-state index in [1.165, 1.54) is 0 Å². The van der Waals surface area contributed by atoms with Crippen molar-refractivity contribution in [3.8, 4) is 22.9 Å². The van der Waals surface area contributed by atoms with Gasteiger partial charge in [0, 0.05) is 37.8 Å². The molecule has 0 spiro atoms. The molecule has 0 aliphatic heterocycles. The zero-order chi connectivity index (χ0) is 23.2. The molecule has 2 aromatic carbocycles. The fourth-order valence-electron chi connectivity index (χ4n) is 3.42. The molecule has 0 fully saturated rings. The van der Waals surface area contributed by atoms with Crippen LogP contribution in [0.5, 0.6) is 11.5 Å². The first kappa shape index (κ1) is 22.1. The Morgan fingerprint density at radius 2 is 1.73 bits per heavy atom. The first-order chi connectivity index (χ1) is 16.1. The van der Waals surface area contributed by atoms with Crippen molar-refractivity contribution in [1.29, 1.82) is 0 Å². The smallest absolute Gasteiger partial charge is 0.227 e. The highest BCUT2D eigenvalue weighted by Crippen LogP contribution is 2.24. The number of carbonyl (C=O) groups is 1. The van der Waals surface area contributed by atoms with E-state index >= 15 is 0 Å². The summed E-state index contributed by atoms with van der Waals surface area (Å²) in [7, 11) is 5.12. The van der Waals surface area contributed by atoms with E-state index < -0.39 is 6.04 Å². The molecule has 0 saturated carbocycles. The maximum Gasteiger partial charge on any atom is 0.227 e. The second-order valence-electron chi connectivity index (χ2n) is 7.41. The van der Waals surface area contributed by atoms with Gasteiger partial charge >= 0.3 is 0 Å². The van der Waals surface area contributed by atoms with Crippen molar-refractivity contribution in [2.75, 3.05) is 14.2 Å². The molecule has 1 N–H and O–H groups in total. The van der Waals surface area contributed by atoms with Crippen LogP contribution in [-0.4, -0.2) is 39.8 Å². The van der Waals surface area contributed by atoms with Gasteiger partial charge in [-0.1, -0.05) is 17.3 Å². The van der Waals surface area contributed by atoms with E-state index in [2.05, 4.69) is 20.4 Å². The van der Waals surface area contributed by atoms with Gasteiger partial charge in [-0.25, -0.2) is 4.98 Å². The van der Waals surface area contributed by atoms with E-state index in [-0.39, 0.29) is 12.3 Å². The number of ether oxygens (including phenoxy) is 2. The summed E-state index contributed by atoms with van der Waals surface area (Å²) in [4.78, 5) is 21.6. The first-order valence-corrected chi connectivity index (χ1v) is 10.4. The van der Waals surface area contributed by atoms with Crippen LogP contribution in [0.25, 0.3) is 11.4 Å². The summed E-state index contributed by atoms with van der Waals surface area (Å²) < 4.78 is 17.6. The predicted octanol–water partition coefficient (Wildman–Crippen LogP) is 3.33. The minimum Gasteiger partial charge on any atom is -0.497 e. The maximum absolute atomic E-state index is 12.8. The fourth-order valence-corrected chi connectivity index (χ4v) is 3.42. The average Bonchev–Trinajstić information content (AvgIpc) is 3.50. The molecule has 0 saturated heterocycles. The Morgan fingerprint density at radius 3 is 2.33 bits per heavy atom. The van der Waals surface area contributed by atoms with E-state index in [9.17, 15) is 4.79 Å². The molecule has 2 heterocycles. The normalized spacial score (nSPS) is 11.7. The molecule has 2 aromatic heterocycles. The number of rotatable bonds is 9. The lowest BCUT2D eigenvalue weighted by Gasteiger charge is -2.19. The highest BCUT2D eigenvalue weighted by Gasteiger charge is 2.21. The van der Waals surface area contributed by atoms with Gasteiger partial charge in [0.25, 0.3) is 0 Å². The molecule has 0 aliphatic rings. The number of carbonyl (C=O) groups excluding carboxylic acids is 1. The largest absolute Gasteiger partial charge is 0.497 e. The van der Waals surface area contributed by atoms with Crippen LogP contribution in [-0.2, 0) is 18.3 Å². The van der Waals surface area contributed by atoms with Crippen molar-refractivity contribution in [3.63, 3.8) is 0 Å². The van der Waals surface area contributed by atoms with E-state index in [0.29, 0.717) is 18.1 Å². The number of amides is 1. The number of nitrogens with one attached hydrogen (secondary N) is 1. The lowest BCUT2D eigenvalue weighted by molar-refractivity contribution is -0.121. The second-order valence-corrected chi connectivity index (χ2v) is 7.41. The van der Waals surface area contributed by atoms with Gasteiger partial charge in [0.2, 0.25) is 17.6 Å². The van der Waals surface area contributed by atoms with Crippen molar-refractivity contribution in [1.82, 2.24) is 25.0 Å². The molecule has 1 unspecified atom stereocenters. The van der Waals surface area contributed by atoms with Gasteiger partial charge in [-0.2, -0.15) is 4.98 Å². The molecular formula is C24H25N5O4. The van der Waals surface area contributed by atoms with Crippen molar-refractivity contribution in [2.24, 2.45) is 7.05 Å². The molecule has 170 valence electrons. The van der Waals surface area contributed by atoms with E-state index in [1.54, 1.807) is 20.4 Å². The minimum atomic E-state index is -0.402. The molecule has 0 bridgehead atoms. The molecule has 4 aromatic rings. The molecule has 0 aliphatic carbocycles. The van der Waals surface area contributed by atoms with Crippen molar-refractivity contribution in [2.45, 2.75) is 18.9 Å². The van der Waals surface area contributed by atoms with Gasteiger partial charge in [-0.05, 0) is 42.0 Å². The third-order valence-corrected chi connectivity index (χ3v) is 5.25. The Labute approximate surface area is 191 Å². The molecular weight excluding hydrogens is 422 g/mol. The minimum absolute atomic E-state index is 0.150. The molecule has 4 rings (SSSR count). The zero-order valence-electron chi connectivity index (χ0n) is 18.7. The first-order valence-electron chi connectivity index (χ1n) is 10.4. The van der Waals surface area contributed by atoms with Gasteiger partial charge in [-0.15, -0.1) is 0 Å². The Hall–Kier alpha value is -4.14. The standard InChI is InChI=1S/C24H25N5O4/c1-29-15-14-25-24(29)22(16-4-8-18(31-2)9-5-16)26-20(30)12-13-21-27-23(28-33-21)17-6-10-19(32-3)11-7-17/h4-11,14-15,22H,12-13H2,1-3H3,(H,26,30). The fraction of sp³-hybridized carbons (Fsp3) is 0.250. The van der Waals surface area contributed by atoms with Crippen molar-refractivity contribution >= 4 is 5.91 Å². The van der Waals surface area contributed by atoms with Crippen LogP contribution in [0.1, 0.15) is 29.7 Å². The second kappa shape index (κ2) is 9.99. The quantitative estimate of drug-likeness (QED) is 0.420. The summed E-state index contributed by atoms with van der Waals surface area (Å²) in [6.45, 7) is 0. The summed E-state index contributed by atoms with van der Waals surface area (Å²) in [6, 6.07) is 14.5. The summed E-state index contributed by atoms with van der Waals surface area (Å²) in [5.74, 6) is 2.94. The Kier molecular flexibility index (Phi) is 6.68. The van der Waals surface area contributed by atoms with Crippen LogP contribution in [0, 0.1) is 0 Å². The lowest BCUT2D eigenvalue weighted by Crippen LogP contribution is -2.31. The molecule has 9 nitrogen and oxygen atoms in total. The van der Waals surface area contributed by atoms with Crippen molar-refractivity contribution in [3.05, 3.63) is 78.2 Å². The average molecular weight is 447 g/mol. The van der Waals surface area contributed by atoms with Crippen LogP contribution in [0.2, 0.25) is 0 Å². The summed E-state index contributed by atoms with van der Waals surface area (Å²) >= 11 is 0. The van der Waals surface area contributed by atoms with Gasteiger partial charge in [0.1, 0.15) is 23.4 Å². The summed E-state index contributed by atoms with van der Waals surface area (Å²) in [6.07, 6.45) is 4.07. The number of aromatic nitrogens is 4. The summed E-state index contributed by atoms with van der Waals surface area (Å²) in [5.41, 5.74) is 1.71. The molecule has 1 amide bonds. The number of methoxy groups -OCH3 is 2. The number of benzene rings is 2. The summed E-state index contributed by atoms with van der Waals surface area (Å²) in [5, 5.41) is 7.08. The Balaban J connectivity index is 1.42. The highest BCUT2D eigenvalue weighted by atomic mass is 16.5. The lowest BCUT2D eigenvalue weighted by atomic mass is 10.1. The maximum atomic E-state index is 12.8. The van der Waals surface area contributed by atoms with Crippen LogP contribution >= 0.6 is 0 Å². The van der Waals surface area contributed by atoms with E-state index in [4.69, 9.17) is 14.0 Å². The van der Waals surface area contributed by atoms with Crippen LogP contribution < -0.4 is 14.8 Å². The van der Waals surface area contributed by atoms with E-state index in [1.807, 2.05) is 66.3 Å². The third-order valence-electron chi connectivity index (χ3n) is 5.25. The molecule has 9 heteroatoms. The van der Waals surface area contributed by atoms with Crippen LogP contribution in [0.15, 0.2) is 65.4 Å². The monoisotopic (exact) mass is 447 g/mol. The predicted molar refractivity (Wildman–Crippen MR) is 121 cm³/mol. The van der Waals surface area contributed by atoms with Crippen molar-refractivity contribution < 1.29 is 18.8 Å². The highest BCUT2D eigenvalue weighted by molar-refractivity contribution is 5.77. The topological polar surface area (TPSA) is 104 Å². The van der Waals surface area contributed by atoms with Gasteiger partial charge in [0.15, 0.2) is 0 Å². The van der Waals surface area contributed by atoms with Gasteiger partial charge < -0.3 is 23.9 Å². The van der Waals surface area contributed by atoms with Gasteiger partial charge in [0.05, 0.1) is 14.2 Å². The Morgan fingerprint density at radius 1 is 1.06 bits per heavy atom. The van der Waals surface area contributed by atoms with Gasteiger partial charge in [-0.3, -0.25) is 4.79 Å². The number of imidazole rings is 1. The Bertz CT molecular complexity index is 1200. The number of nitrogens with zero attached hydrogens (tertiary/aromatic N) is 4. The third kappa shape index (κ3) is 5.20. The molecule has 0 radical (unpaired) electrons. The van der Waals surface area contributed by atoms with Crippen LogP contribution in [0.3, 0.4) is 0 Å². The number of hydrogen-bond acceptors (Lipinski definition) is 7. The number of aryl methyl sites for hydroxylation is 2. The molecule has 1 atom stereocenters. The molecule has 33 heavy (non-hydrogen) atoms. The van der Waals surface area contributed by atoms with Crippen LogP contribution in [0.4, 0.5) is 0 Å².